The molecule has 0 heterocycles. The van der Waals surface area contributed by atoms with E-state index in [4.69, 9.17) is 17.0 Å². The van der Waals surface area contributed by atoms with Crippen LogP contribution in [0.1, 0.15) is 42.1 Å². The predicted octanol–water partition coefficient (Wildman–Crippen LogP) is 4.34. The van der Waals surface area contributed by atoms with Crippen molar-refractivity contribution in [1.82, 2.24) is 5.32 Å². The summed E-state index contributed by atoms with van der Waals surface area (Å²) in [5, 5.41) is 6.11. The second-order valence-electron chi connectivity index (χ2n) is 5.53. The van der Waals surface area contributed by atoms with Gasteiger partial charge in [-0.15, -0.1) is 0 Å². The third kappa shape index (κ3) is 4.55. The number of hydrogen-bond donors (Lipinski definition) is 2. The van der Waals surface area contributed by atoms with E-state index in [1.54, 1.807) is 31.4 Å². The van der Waals surface area contributed by atoms with Gasteiger partial charge in [-0.1, -0.05) is 32.0 Å². The molecule has 5 heteroatoms. The molecule has 0 aliphatic carbocycles. The second kappa shape index (κ2) is 8.45. The molecule has 0 bridgehead atoms. The number of hydrogen-bond acceptors (Lipinski definition) is 3. The SMILES string of the molecule is CC[C@@H](C)c1ccccc1NC(=S)NC(=O)c1ccc(OC)cc1. The van der Waals surface area contributed by atoms with Crippen LogP contribution >= 0.6 is 12.2 Å². The van der Waals surface area contributed by atoms with Gasteiger partial charge in [0.2, 0.25) is 0 Å². The average molecular weight is 342 g/mol. The number of carbonyl (C=O) groups is 1. The molecule has 0 saturated heterocycles. The van der Waals surface area contributed by atoms with Crippen molar-refractivity contribution in [3.63, 3.8) is 0 Å². The van der Waals surface area contributed by atoms with Crippen LogP contribution in [0.15, 0.2) is 48.5 Å². The van der Waals surface area contributed by atoms with Gasteiger partial charge in [-0.05, 0) is 60.5 Å². The summed E-state index contributed by atoms with van der Waals surface area (Å²) in [5.41, 5.74) is 2.63. The van der Waals surface area contributed by atoms with Crippen molar-refractivity contribution < 1.29 is 9.53 Å². The summed E-state index contributed by atoms with van der Waals surface area (Å²) in [4.78, 5) is 12.2. The molecule has 1 amide bonds. The largest absolute Gasteiger partial charge is 0.497 e. The van der Waals surface area contributed by atoms with Crippen LogP contribution in [0.3, 0.4) is 0 Å². The van der Waals surface area contributed by atoms with Crippen molar-refractivity contribution in [2.45, 2.75) is 26.2 Å². The summed E-state index contributed by atoms with van der Waals surface area (Å²) in [5.74, 6) is 0.861. The Balaban J connectivity index is 2.04. The highest BCUT2D eigenvalue weighted by molar-refractivity contribution is 7.80. The number of thiocarbonyl (C=S) groups is 1. The van der Waals surface area contributed by atoms with Crippen LogP contribution in [0.2, 0.25) is 0 Å². The van der Waals surface area contributed by atoms with Crippen molar-refractivity contribution in [3.05, 3.63) is 59.7 Å². The summed E-state index contributed by atoms with van der Waals surface area (Å²) >= 11 is 5.28. The van der Waals surface area contributed by atoms with E-state index in [9.17, 15) is 4.79 Å². The van der Waals surface area contributed by atoms with Gasteiger partial charge in [-0.2, -0.15) is 0 Å². The number of amides is 1. The maximum absolute atomic E-state index is 12.2. The highest BCUT2D eigenvalue weighted by atomic mass is 32.1. The lowest BCUT2D eigenvalue weighted by molar-refractivity contribution is 0.0977. The zero-order chi connectivity index (χ0) is 17.5. The van der Waals surface area contributed by atoms with E-state index >= 15 is 0 Å². The molecule has 2 N–H and O–H groups in total. The van der Waals surface area contributed by atoms with E-state index in [0.717, 1.165) is 12.1 Å². The second-order valence-corrected chi connectivity index (χ2v) is 5.94. The van der Waals surface area contributed by atoms with Crippen molar-refractivity contribution in [2.75, 3.05) is 12.4 Å². The normalized spacial score (nSPS) is 11.5. The number of methoxy groups -OCH3 is 1. The maximum atomic E-state index is 12.2. The van der Waals surface area contributed by atoms with Crippen molar-refractivity contribution >= 4 is 28.9 Å². The van der Waals surface area contributed by atoms with Crippen LogP contribution in [0, 0.1) is 0 Å². The van der Waals surface area contributed by atoms with Gasteiger partial charge in [0.1, 0.15) is 5.75 Å². The zero-order valence-corrected chi connectivity index (χ0v) is 14.9. The molecule has 1 atom stereocenters. The third-order valence-electron chi connectivity index (χ3n) is 3.93. The van der Waals surface area contributed by atoms with Crippen LogP contribution in [0.25, 0.3) is 0 Å². The van der Waals surface area contributed by atoms with Crippen LogP contribution in [-0.4, -0.2) is 18.1 Å². The zero-order valence-electron chi connectivity index (χ0n) is 14.1. The minimum Gasteiger partial charge on any atom is -0.497 e. The van der Waals surface area contributed by atoms with Crippen molar-refractivity contribution in [2.24, 2.45) is 0 Å². The predicted molar refractivity (Wildman–Crippen MR) is 102 cm³/mol. The fourth-order valence-corrected chi connectivity index (χ4v) is 2.53. The number of nitrogens with one attached hydrogen (secondary N) is 2. The molecule has 0 aliphatic heterocycles. The topological polar surface area (TPSA) is 50.4 Å². The Labute approximate surface area is 148 Å². The molecule has 2 rings (SSSR count). The summed E-state index contributed by atoms with van der Waals surface area (Å²) in [6.07, 6.45) is 1.03. The van der Waals surface area contributed by atoms with Crippen LogP contribution in [-0.2, 0) is 0 Å². The maximum Gasteiger partial charge on any atom is 0.257 e. The number of rotatable bonds is 5. The lowest BCUT2D eigenvalue weighted by Gasteiger charge is -2.17. The van der Waals surface area contributed by atoms with E-state index < -0.39 is 0 Å². The number of benzene rings is 2. The molecule has 0 fully saturated rings. The molecule has 24 heavy (non-hydrogen) atoms. The summed E-state index contributed by atoms with van der Waals surface area (Å²) < 4.78 is 5.09. The molecular weight excluding hydrogens is 320 g/mol. The molecule has 2 aromatic carbocycles. The number of carbonyl (C=O) groups excluding carboxylic acids is 1. The molecule has 0 saturated carbocycles. The van der Waals surface area contributed by atoms with Crippen molar-refractivity contribution in [1.29, 1.82) is 0 Å². The van der Waals surface area contributed by atoms with Crippen molar-refractivity contribution in [3.8, 4) is 5.75 Å². The average Bonchev–Trinajstić information content (AvgIpc) is 2.61. The van der Waals surface area contributed by atoms with E-state index in [1.165, 1.54) is 5.56 Å². The molecule has 2 aromatic rings. The summed E-state index contributed by atoms with van der Waals surface area (Å²) in [6.45, 7) is 4.31. The molecule has 0 aliphatic rings. The van der Waals surface area contributed by atoms with Gasteiger partial charge >= 0.3 is 0 Å². The van der Waals surface area contributed by atoms with E-state index in [1.807, 2.05) is 18.2 Å². The smallest absolute Gasteiger partial charge is 0.257 e. The minimum absolute atomic E-state index is 0.254. The van der Waals surface area contributed by atoms with Gasteiger partial charge in [0.15, 0.2) is 5.11 Å². The molecule has 4 nitrogen and oxygen atoms in total. The Morgan fingerprint density at radius 2 is 1.83 bits per heavy atom. The van der Waals surface area contributed by atoms with Gasteiger partial charge in [0, 0.05) is 11.3 Å². The van der Waals surface area contributed by atoms with Crippen LogP contribution in [0.4, 0.5) is 5.69 Å². The first-order valence-corrected chi connectivity index (χ1v) is 8.31. The van der Waals surface area contributed by atoms with E-state index in [-0.39, 0.29) is 11.0 Å². The quantitative estimate of drug-likeness (QED) is 0.794. The van der Waals surface area contributed by atoms with Crippen LogP contribution in [0.5, 0.6) is 5.75 Å². The first-order chi connectivity index (χ1) is 11.5. The van der Waals surface area contributed by atoms with Gasteiger partial charge in [-0.3, -0.25) is 10.1 Å². The van der Waals surface area contributed by atoms with E-state index in [0.29, 0.717) is 17.2 Å². The molecule has 126 valence electrons. The molecule has 0 spiro atoms. The lowest BCUT2D eigenvalue weighted by atomic mass is 9.97. The standard InChI is InChI=1S/C19H22N2O2S/c1-4-13(2)16-7-5-6-8-17(16)20-19(24)21-18(22)14-9-11-15(23-3)12-10-14/h5-13H,4H2,1-3H3,(H2,20,21,22,24)/t13-/m1/s1. The van der Waals surface area contributed by atoms with Gasteiger partial charge in [-0.25, -0.2) is 0 Å². The first-order valence-electron chi connectivity index (χ1n) is 7.90. The molecule has 0 aromatic heterocycles. The fraction of sp³-hybridized carbons (Fsp3) is 0.263. The Bertz CT molecular complexity index is 714. The third-order valence-corrected chi connectivity index (χ3v) is 4.14. The monoisotopic (exact) mass is 342 g/mol. The Morgan fingerprint density at radius 1 is 1.17 bits per heavy atom. The van der Waals surface area contributed by atoms with Gasteiger partial charge in [0.05, 0.1) is 7.11 Å². The Hall–Kier alpha value is -2.40. The van der Waals surface area contributed by atoms with E-state index in [2.05, 4.69) is 30.5 Å². The Kier molecular flexibility index (Phi) is 6.32. The number of para-hydroxylation sites is 1. The van der Waals surface area contributed by atoms with Gasteiger partial charge < -0.3 is 10.1 Å². The lowest BCUT2D eigenvalue weighted by Crippen LogP contribution is -2.34. The minimum atomic E-state index is -0.254. The Morgan fingerprint density at radius 3 is 2.46 bits per heavy atom. The van der Waals surface area contributed by atoms with Crippen LogP contribution < -0.4 is 15.4 Å². The summed E-state index contributed by atoms with van der Waals surface area (Å²) in [6, 6.07) is 14.9. The fourth-order valence-electron chi connectivity index (χ4n) is 2.33. The highest BCUT2D eigenvalue weighted by Crippen LogP contribution is 2.26. The first kappa shape index (κ1) is 17.9. The number of ether oxygens (including phenoxy) is 1. The molecule has 0 unspecified atom stereocenters. The molecular formula is C19H22N2O2S. The number of anilines is 1. The van der Waals surface area contributed by atoms with Gasteiger partial charge in [0.25, 0.3) is 5.91 Å². The molecule has 0 radical (unpaired) electrons. The summed E-state index contributed by atoms with van der Waals surface area (Å²) in [7, 11) is 1.59. The highest BCUT2D eigenvalue weighted by Gasteiger charge is 2.12.